The minimum absolute atomic E-state index is 0.222. The van der Waals surface area contributed by atoms with E-state index < -0.39 is 5.95 Å². The Bertz CT molecular complexity index is 396. The van der Waals surface area contributed by atoms with Crippen LogP contribution in [0.4, 0.5) is 4.39 Å². The van der Waals surface area contributed by atoms with E-state index in [4.69, 9.17) is 4.74 Å². The maximum absolute atomic E-state index is 13.6. The molecule has 0 N–H and O–H groups in total. The van der Waals surface area contributed by atoms with E-state index in [1.54, 1.807) is 7.11 Å². The molecule has 0 bridgehead atoms. The first-order valence-corrected chi connectivity index (χ1v) is 5.52. The molecular formula is C11H15FN2O2. The zero-order valence-corrected chi connectivity index (χ0v) is 9.33. The molecule has 16 heavy (non-hydrogen) atoms. The van der Waals surface area contributed by atoms with Gasteiger partial charge in [-0.3, -0.25) is 0 Å². The van der Waals surface area contributed by atoms with Gasteiger partial charge in [-0.05, 0) is 24.2 Å². The molecule has 0 radical (unpaired) electrons. The second-order valence-corrected chi connectivity index (χ2v) is 3.99. The van der Waals surface area contributed by atoms with E-state index in [1.165, 1.54) is 0 Å². The fourth-order valence-electron chi connectivity index (χ4n) is 2.07. The summed E-state index contributed by atoms with van der Waals surface area (Å²) >= 11 is 0. The van der Waals surface area contributed by atoms with Gasteiger partial charge in [0.05, 0.1) is 18.6 Å². The Morgan fingerprint density at radius 1 is 1.44 bits per heavy atom. The number of rotatable bonds is 3. The average molecular weight is 226 g/mol. The number of ether oxygens (including phenoxy) is 1. The third kappa shape index (κ3) is 2.00. The van der Waals surface area contributed by atoms with E-state index in [0.29, 0.717) is 37.1 Å². The first-order chi connectivity index (χ1) is 7.74. The molecule has 0 amide bonds. The minimum Gasteiger partial charge on any atom is -0.711 e. The third-order valence-electron chi connectivity index (χ3n) is 2.92. The molecule has 4 nitrogen and oxygen atoms in total. The van der Waals surface area contributed by atoms with Gasteiger partial charge in [0.15, 0.2) is 0 Å². The first kappa shape index (κ1) is 11.3. The minimum atomic E-state index is -0.479. The summed E-state index contributed by atoms with van der Waals surface area (Å²) in [4.78, 5) is 3.73. The Kier molecular flexibility index (Phi) is 3.33. The molecule has 88 valence electrons. The van der Waals surface area contributed by atoms with Crippen molar-refractivity contribution < 1.29 is 13.9 Å². The van der Waals surface area contributed by atoms with Crippen molar-refractivity contribution in [3.05, 3.63) is 28.2 Å². The monoisotopic (exact) mass is 226 g/mol. The van der Waals surface area contributed by atoms with Crippen molar-refractivity contribution in [2.45, 2.75) is 32.1 Å². The fraction of sp³-hybridized carbons (Fsp3) is 0.636. The lowest BCUT2D eigenvalue weighted by atomic mass is 9.97. The van der Waals surface area contributed by atoms with E-state index >= 15 is 0 Å². The highest BCUT2D eigenvalue weighted by atomic mass is 19.1. The lowest BCUT2D eigenvalue weighted by Gasteiger charge is -2.18. The number of fused-ring (bicyclic) bond motifs is 1. The Labute approximate surface area is 93.7 Å². The lowest BCUT2D eigenvalue weighted by Crippen LogP contribution is -2.41. The van der Waals surface area contributed by atoms with Crippen LogP contribution < -0.4 is 4.73 Å². The van der Waals surface area contributed by atoms with Crippen LogP contribution in [0.1, 0.15) is 29.9 Å². The number of halogens is 1. The number of methoxy groups -OCH3 is 1. The molecule has 0 aliphatic heterocycles. The predicted molar refractivity (Wildman–Crippen MR) is 55.4 cm³/mol. The molecule has 1 aromatic rings. The Hall–Kier alpha value is -1.23. The molecule has 0 fully saturated rings. The zero-order chi connectivity index (χ0) is 11.5. The Balaban J connectivity index is 2.37. The lowest BCUT2D eigenvalue weighted by molar-refractivity contribution is -0.627. The number of aromatic nitrogens is 2. The summed E-state index contributed by atoms with van der Waals surface area (Å²) in [7, 11) is 1.55. The smallest absolute Gasteiger partial charge is 0.328 e. The van der Waals surface area contributed by atoms with Crippen LogP contribution in [-0.2, 0) is 24.0 Å². The summed E-state index contributed by atoms with van der Waals surface area (Å²) in [6.45, 7) is 0.382. The van der Waals surface area contributed by atoms with Crippen LogP contribution >= 0.6 is 0 Å². The van der Waals surface area contributed by atoms with Crippen molar-refractivity contribution in [1.29, 1.82) is 0 Å². The highest BCUT2D eigenvalue weighted by molar-refractivity contribution is 5.18. The quantitative estimate of drug-likeness (QED) is 0.437. The predicted octanol–water partition coefficient (Wildman–Crippen LogP) is 0.922. The van der Waals surface area contributed by atoms with Crippen molar-refractivity contribution in [3.63, 3.8) is 0 Å². The molecule has 1 aliphatic rings. The van der Waals surface area contributed by atoms with Crippen LogP contribution in [0.3, 0.4) is 0 Å². The van der Waals surface area contributed by atoms with Crippen LogP contribution in [0.15, 0.2) is 0 Å². The third-order valence-corrected chi connectivity index (χ3v) is 2.92. The van der Waals surface area contributed by atoms with Gasteiger partial charge >= 0.3 is 11.8 Å². The van der Waals surface area contributed by atoms with Crippen LogP contribution in [0.5, 0.6) is 0 Å². The van der Waals surface area contributed by atoms with E-state index in [1.807, 2.05) is 0 Å². The highest BCUT2D eigenvalue weighted by Crippen LogP contribution is 2.20. The molecule has 1 aromatic heterocycles. The van der Waals surface area contributed by atoms with Gasteiger partial charge in [-0.25, -0.2) is 4.73 Å². The van der Waals surface area contributed by atoms with Crippen molar-refractivity contribution in [3.8, 4) is 0 Å². The topological polar surface area (TPSA) is 49.1 Å². The van der Waals surface area contributed by atoms with Gasteiger partial charge in [0.1, 0.15) is 5.69 Å². The van der Waals surface area contributed by atoms with Crippen molar-refractivity contribution in [1.82, 2.24) is 4.98 Å². The number of hydrogen-bond acceptors (Lipinski definition) is 3. The van der Waals surface area contributed by atoms with Gasteiger partial charge in [0, 0.05) is 13.5 Å². The fourth-order valence-corrected chi connectivity index (χ4v) is 2.07. The van der Waals surface area contributed by atoms with Crippen LogP contribution in [0.2, 0.25) is 0 Å². The van der Waals surface area contributed by atoms with Gasteiger partial charge < -0.3 is 9.94 Å². The van der Waals surface area contributed by atoms with Crippen molar-refractivity contribution >= 4 is 0 Å². The summed E-state index contributed by atoms with van der Waals surface area (Å²) < 4.78 is 19.3. The second kappa shape index (κ2) is 4.74. The highest BCUT2D eigenvalue weighted by Gasteiger charge is 2.25. The Morgan fingerprint density at radius 3 is 2.94 bits per heavy atom. The maximum Gasteiger partial charge on any atom is 0.328 e. The molecule has 5 heteroatoms. The largest absolute Gasteiger partial charge is 0.711 e. The van der Waals surface area contributed by atoms with Crippen LogP contribution in [0, 0.1) is 11.2 Å². The SMILES string of the molecule is COCCc1nc(F)c2c([n+]1[O-])CCCC2. The van der Waals surface area contributed by atoms with E-state index in [-0.39, 0.29) is 5.82 Å². The number of nitrogens with zero attached hydrogens (tertiary/aromatic N) is 2. The molecule has 0 saturated heterocycles. The first-order valence-electron chi connectivity index (χ1n) is 5.52. The standard InChI is InChI=1S/C11H15FN2O2/c1-16-7-6-10-13-11(12)8-4-2-3-5-9(8)14(10)15/h2-7H2,1H3. The molecule has 0 spiro atoms. The van der Waals surface area contributed by atoms with Gasteiger partial charge in [-0.1, -0.05) is 0 Å². The van der Waals surface area contributed by atoms with E-state index in [2.05, 4.69) is 4.98 Å². The molecule has 0 unspecified atom stereocenters. The van der Waals surface area contributed by atoms with Crippen LogP contribution in [-0.4, -0.2) is 18.7 Å². The van der Waals surface area contributed by atoms with Gasteiger partial charge in [0.2, 0.25) is 0 Å². The van der Waals surface area contributed by atoms with E-state index in [9.17, 15) is 9.60 Å². The van der Waals surface area contributed by atoms with E-state index in [0.717, 1.165) is 17.6 Å². The van der Waals surface area contributed by atoms with Gasteiger partial charge in [-0.15, -0.1) is 0 Å². The summed E-state index contributed by atoms with van der Waals surface area (Å²) in [5.74, 6) is -0.257. The molecule has 2 rings (SSSR count). The van der Waals surface area contributed by atoms with Crippen molar-refractivity contribution in [2.75, 3.05) is 13.7 Å². The molecular weight excluding hydrogens is 211 g/mol. The molecule has 0 atom stereocenters. The summed E-state index contributed by atoms with van der Waals surface area (Å²) in [6, 6.07) is 0. The molecule has 0 saturated carbocycles. The molecule has 0 aromatic carbocycles. The summed E-state index contributed by atoms with van der Waals surface area (Å²) in [5.41, 5.74) is 1.06. The Morgan fingerprint density at radius 2 is 2.19 bits per heavy atom. The molecule has 1 aliphatic carbocycles. The van der Waals surface area contributed by atoms with Gasteiger partial charge in [-0.2, -0.15) is 4.39 Å². The number of hydrogen-bond donors (Lipinski definition) is 0. The zero-order valence-electron chi connectivity index (χ0n) is 9.33. The second-order valence-electron chi connectivity index (χ2n) is 3.99. The maximum atomic E-state index is 13.6. The summed E-state index contributed by atoms with van der Waals surface area (Å²) in [6.07, 6.45) is 3.51. The molecule has 1 heterocycles. The van der Waals surface area contributed by atoms with Gasteiger partial charge in [0.25, 0.3) is 0 Å². The van der Waals surface area contributed by atoms with Crippen LogP contribution in [0.25, 0.3) is 0 Å². The van der Waals surface area contributed by atoms with Crippen molar-refractivity contribution in [2.24, 2.45) is 0 Å². The normalized spacial score (nSPS) is 14.9. The average Bonchev–Trinajstić information content (AvgIpc) is 2.32. The summed E-state index contributed by atoms with van der Waals surface area (Å²) in [5, 5.41) is 11.9.